The van der Waals surface area contributed by atoms with Crippen LogP contribution in [0.15, 0.2) is 48.2 Å². The summed E-state index contributed by atoms with van der Waals surface area (Å²) in [7, 11) is 0. The molecule has 1 aliphatic heterocycles. The quantitative estimate of drug-likeness (QED) is 0.439. The van der Waals surface area contributed by atoms with Gasteiger partial charge in [0.1, 0.15) is 0 Å². The second kappa shape index (κ2) is 14.7. The van der Waals surface area contributed by atoms with Gasteiger partial charge in [-0.1, -0.05) is 29.7 Å². The van der Waals surface area contributed by atoms with Gasteiger partial charge in [-0.15, -0.1) is 12.4 Å². The van der Waals surface area contributed by atoms with Crippen LogP contribution in [0.2, 0.25) is 0 Å². The van der Waals surface area contributed by atoms with Crippen molar-refractivity contribution in [3.63, 3.8) is 0 Å². The fourth-order valence-electron chi connectivity index (χ4n) is 3.39. The number of benzene rings is 1. The van der Waals surface area contributed by atoms with Gasteiger partial charge in [0.25, 0.3) is 0 Å². The SMILES string of the molecule is C=C=C=C=C=C.CCCC(=O)N(CCC1CCOCC1)c1nc2cc(C)c(C)cc2s1.Cl. The third-order valence-corrected chi connectivity index (χ3v) is 6.37. The van der Waals surface area contributed by atoms with Crippen LogP contribution in [0.25, 0.3) is 10.2 Å². The molecule has 0 N–H and O–H groups in total. The Hall–Kier alpha value is -2.31. The van der Waals surface area contributed by atoms with E-state index in [0.717, 1.165) is 56.1 Å². The molecule has 172 valence electrons. The predicted octanol–water partition coefficient (Wildman–Crippen LogP) is 6.71. The summed E-state index contributed by atoms with van der Waals surface area (Å²) in [5.74, 6) is 0.853. The summed E-state index contributed by atoms with van der Waals surface area (Å²) in [6.45, 7) is 15.2. The number of halogens is 1. The molecule has 1 aromatic heterocycles. The Morgan fingerprint density at radius 1 is 1.19 bits per heavy atom. The van der Waals surface area contributed by atoms with Gasteiger partial charge in [0.05, 0.1) is 10.2 Å². The third kappa shape index (κ3) is 8.32. The molecule has 0 radical (unpaired) electrons. The average molecular weight is 473 g/mol. The lowest BCUT2D eigenvalue weighted by atomic mass is 9.96. The standard InChI is InChI=1S/C20H28N2O2S.C6H4.ClH/c1-4-5-19(23)22(9-6-16-7-10-24-11-8-16)20-21-17-12-14(2)15(3)13-18(17)25-20;1-3-5-6-4-2;/h12-13,16H,4-11H2,1-3H3;1-2H2;1H. The molecule has 6 heteroatoms. The summed E-state index contributed by atoms with van der Waals surface area (Å²) in [5, 5.41) is 0.852. The van der Waals surface area contributed by atoms with E-state index in [-0.39, 0.29) is 18.3 Å². The number of nitrogens with zero attached hydrogens (tertiary/aromatic N) is 2. The van der Waals surface area contributed by atoms with Gasteiger partial charge in [-0.2, -0.15) is 0 Å². The average Bonchev–Trinajstić information content (AvgIpc) is 3.16. The molecule has 2 aromatic rings. The maximum Gasteiger partial charge on any atom is 0.228 e. The van der Waals surface area contributed by atoms with Crippen molar-refractivity contribution in [3.05, 3.63) is 59.3 Å². The van der Waals surface area contributed by atoms with Crippen LogP contribution in [-0.2, 0) is 9.53 Å². The lowest BCUT2D eigenvalue weighted by molar-refractivity contribution is -0.118. The van der Waals surface area contributed by atoms with Crippen molar-refractivity contribution in [2.24, 2.45) is 5.92 Å². The van der Waals surface area contributed by atoms with Gasteiger partial charge >= 0.3 is 0 Å². The molecule has 0 spiro atoms. The van der Waals surface area contributed by atoms with E-state index < -0.39 is 0 Å². The van der Waals surface area contributed by atoms with Gasteiger partial charge in [0.15, 0.2) is 5.13 Å². The summed E-state index contributed by atoms with van der Waals surface area (Å²) in [5.41, 5.74) is 13.1. The molecule has 1 saturated heterocycles. The Balaban J connectivity index is 0.000000648. The van der Waals surface area contributed by atoms with Gasteiger partial charge in [0.2, 0.25) is 5.91 Å². The van der Waals surface area contributed by atoms with E-state index in [1.54, 1.807) is 11.3 Å². The first kappa shape index (κ1) is 27.7. The highest BCUT2D eigenvalue weighted by Crippen LogP contribution is 2.32. The number of amides is 1. The third-order valence-electron chi connectivity index (χ3n) is 5.33. The zero-order valence-corrected chi connectivity index (χ0v) is 21.0. The van der Waals surface area contributed by atoms with E-state index in [9.17, 15) is 4.79 Å². The molecule has 1 aromatic carbocycles. The van der Waals surface area contributed by atoms with Crippen LogP contribution in [0.1, 0.15) is 50.2 Å². The van der Waals surface area contributed by atoms with Crippen molar-refractivity contribution in [1.29, 1.82) is 0 Å². The summed E-state index contributed by atoms with van der Waals surface area (Å²) in [6, 6.07) is 4.32. The van der Waals surface area contributed by atoms with E-state index >= 15 is 0 Å². The van der Waals surface area contributed by atoms with Crippen LogP contribution in [0.4, 0.5) is 5.13 Å². The first-order valence-electron chi connectivity index (χ1n) is 10.8. The number of aryl methyl sites for hydroxylation is 2. The smallest absolute Gasteiger partial charge is 0.228 e. The molecule has 32 heavy (non-hydrogen) atoms. The Morgan fingerprint density at radius 2 is 1.81 bits per heavy atom. The van der Waals surface area contributed by atoms with E-state index in [1.807, 2.05) is 4.90 Å². The van der Waals surface area contributed by atoms with Crippen LogP contribution in [-0.4, -0.2) is 30.6 Å². The predicted molar refractivity (Wildman–Crippen MR) is 137 cm³/mol. The zero-order valence-electron chi connectivity index (χ0n) is 19.3. The Kier molecular flexibility index (Phi) is 12.7. The van der Waals surface area contributed by atoms with E-state index in [2.05, 4.69) is 69.0 Å². The maximum absolute atomic E-state index is 12.7. The lowest BCUT2D eigenvalue weighted by Gasteiger charge is -2.25. The van der Waals surface area contributed by atoms with E-state index in [4.69, 9.17) is 9.72 Å². The van der Waals surface area contributed by atoms with Gasteiger partial charge in [-0.25, -0.2) is 4.98 Å². The number of ether oxygens (including phenoxy) is 1. The zero-order chi connectivity index (χ0) is 22.6. The number of fused-ring (bicyclic) bond motifs is 1. The summed E-state index contributed by atoms with van der Waals surface area (Å²) in [4.78, 5) is 19.4. The molecule has 3 rings (SSSR count). The normalized spacial score (nSPS) is 12.8. The van der Waals surface area contributed by atoms with Gasteiger partial charge < -0.3 is 4.74 Å². The number of rotatable bonds is 6. The Bertz CT molecular complexity index is 973. The second-order valence-electron chi connectivity index (χ2n) is 7.64. The first-order valence-corrected chi connectivity index (χ1v) is 11.6. The van der Waals surface area contributed by atoms with Crippen LogP contribution in [0.3, 0.4) is 0 Å². The number of hydrogen-bond donors (Lipinski definition) is 0. The fourth-order valence-corrected chi connectivity index (χ4v) is 4.48. The highest BCUT2D eigenvalue weighted by molar-refractivity contribution is 7.22. The van der Waals surface area contributed by atoms with E-state index in [1.165, 1.54) is 15.8 Å². The van der Waals surface area contributed by atoms with Gasteiger partial charge in [0, 0.05) is 26.2 Å². The number of carbonyl (C=O) groups excluding carboxylic acids is 1. The number of thiazole rings is 1. The number of aromatic nitrogens is 1. The molecule has 4 nitrogen and oxygen atoms in total. The van der Waals surface area contributed by atoms with Crippen molar-refractivity contribution in [2.45, 2.75) is 52.9 Å². The first-order chi connectivity index (χ1) is 15.0. The molecular weight excluding hydrogens is 440 g/mol. The van der Waals surface area contributed by atoms with Crippen molar-refractivity contribution >= 4 is 45.0 Å². The molecule has 0 unspecified atom stereocenters. The summed E-state index contributed by atoms with van der Waals surface area (Å²) < 4.78 is 6.61. The molecule has 0 aliphatic carbocycles. The number of anilines is 1. The lowest BCUT2D eigenvalue weighted by Crippen LogP contribution is -2.33. The van der Waals surface area contributed by atoms with Crippen LogP contribution < -0.4 is 4.90 Å². The maximum atomic E-state index is 12.7. The highest BCUT2D eigenvalue weighted by atomic mass is 35.5. The number of carbonyl (C=O) groups is 1. The topological polar surface area (TPSA) is 42.4 Å². The van der Waals surface area contributed by atoms with Gasteiger partial charge in [-0.05, 0) is 93.3 Å². The molecule has 1 amide bonds. The van der Waals surface area contributed by atoms with Crippen LogP contribution in [0, 0.1) is 19.8 Å². The molecular formula is C26H33ClN2O2S. The van der Waals surface area contributed by atoms with Crippen LogP contribution in [0.5, 0.6) is 0 Å². The molecule has 1 fully saturated rings. The highest BCUT2D eigenvalue weighted by Gasteiger charge is 2.22. The monoisotopic (exact) mass is 472 g/mol. The minimum atomic E-state index is 0. The molecule has 0 saturated carbocycles. The molecule has 2 heterocycles. The fraction of sp³-hybridized carbons (Fsp3) is 0.462. The largest absolute Gasteiger partial charge is 0.381 e. The van der Waals surface area contributed by atoms with Crippen molar-refractivity contribution in [2.75, 3.05) is 24.7 Å². The minimum Gasteiger partial charge on any atom is -0.381 e. The summed E-state index contributed by atoms with van der Waals surface area (Å²) in [6.07, 6.45) is 4.70. The van der Waals surface area contributed by atoms with Crippen molar-refractivity contribution < 1.29 is 9.53 Å². The second-order valence-corrected chi connectivity index (χ2v) is 8.65. The molecule has 1 aliphatic rings. The molecule has 0 bridgehead atoms. The minimum absolute atomic E-state index is 0. The van der Waals surface area contributed by atoms with Crippen LogP contribution >= 0.6 is 23.7 Å². The summed E-state index contributed by atoms with van der Waals surface area (Å²) >= 11 is 1.64. The Labute approximate surface area is 202 Å². The number of hydrogen-bond acceptors (Lipinski definition) is 4. The van der Waals surface area contributed by atoms with Gasteiger partial charge in [-0.3, -0.25) is 9.69 Å². The van der Waals surface area contributed by atoms with E-state index in [0.29, 0.717) is 12.3 Å². The van der Waals surface area contributed by atoms with Crippen molar-refractivity contribution in [3.8, 4) is 0 Å². The van der Waals surface area contributed by atoms with Crippen molar-refractivity contribution in [1.82, 2.24) is 4.98 Å². The molecule has 0 atom stereocenters. The Morgan fingerprint density at radius 3 is 2.41 bits per heavy atom.